The molecule has 2 amide bonds. The lowest BCUT2D eigenvalue weighted by Crippen LogP contribution is -2.26. The third-order valence-electron chi connectivity index (χ3n) is 5.52. The number of carbonyl (C=O) groups is 2. The molecule has 1 atom stereocenters. The second kappa shape index (κ2) is 7.65. The molecule has 0 fully saturated rings. The van der Waals surface area contributed by atoms with Crippen LogP contribution in [0.1, 0.15) is 35.9 Å². The third-order valence-corrected chi connectivity index (χ3v) is 6.70. The molecular weight excluding hydrogens is 396 g/mol. The zero-order chi connectivity index (χ0) is 20.7. The van der Waals surface area contributed by atoms with Crippen molar-refractivity contribution in [3.05, 3.63) is 60.0 Å². The lowest BCUT2D eigenvalue weighted by atomic mass is 10.1. The first kappa shape index (κ1) is 18.9. The maximum absolute atomic E-state index is 12.7. The minimum absolute atomic E-state index is 0.0402. The average molecular weight is 419 g/mol. The second-order valence-electron chi connectivity index (χ2n) is 7.68. The standard InChI is InChI=1S/C23H22N4O2S/c1-14-22(28)26-18-12-16(7-10-20(18)30-14)23(29)24-17-8-5-15(6-9-17)19-13-27-11-3-2-4-21(27)25-19/h5-10,12-14H,2-4,11H2,1H3,(H,24,29)(H,26,28). The second-order valence-corrected chi connectivity index (χ2v) is 9.07. The van der Waals surface area contributed by atoms with E-state index in [1.807, 2.05) is 37.3 Å². The van der Waals surface area contributed by atoms with E-state index >= 15 is 0 Å². The molecule has 152 valence electrons. The first-order valence-electron chi connectivity index (χ1n) is 10.2. The number of anilines is 2. The molecule has 30 heavy (non-hydrogen) atoms. The normalized spacial score (nSPS) is 17.6. The molecule has 2 aromatic carbocycles. The molecule has 2 aliphatic heterocycles. The van der Waals surface area contributed by atoms with E-state index in [0.717, 1.165) is 40.6 Å². The number of thioether (sulfide) groups is 1. The highest BCUT2D eigenvalue weighted by atomic mass is 32.2. The minimum atomic E-state index is -0.208. The van der Waals surface area contributed by atoms with Gasteiger partial charge in [0.25, 0.3) is 5.91 Å². The van der Waals surface area contributed by atoms with Crippen LogP contribution in [0.5, 0.6) is 0 Å². The summed E-state index contributed by atoms with van der Waals surface area (Å²) < 4.78 is 2.24. The lowest BCUT2D eigenvalue weighted by molar-refractivity contribution is -0.115. The Morgan fingerprint density at radius 1 is 1.20 bits per heavy atom. The Hall–Kier alpha value is -3.06. The maximum atomic E-state index is 12.7. The zero-order valence-corrected chi connectivity index (χ0v) is 17.5. The van der Waals surface area contributed by atoms with Crippen molar-refractivity contribution in [3.63, 3.8) is 0 Å². The Labute approximate surface area is 179 Å². The van der Waals surface area contributed by atoms with Gasteiger partial charge < -0.3 is 15.2 Å². The van der Waals surface area contributed by atoms with Crippen molar-refractivity contribution in [1.29, 1.82) is 0 Å². The number of nitrogens with one attached hydrogen (secondary N) is 2. The maximum Gasteiger partial charge on any atom is 0.255 e. The van der Waals surface area contributed by atoms with Crippen LogP contribution in [0.4, 0.5) is 11.4 Å². The fraction of sp³-hybridized carbons (Fsp3) is 0.261. The number of hydrogen-bond donors (Lipinski definition) is 2. The quantitative estimate of drug-likeness (QED) is 0.653. The molecule has 3 heterocycles. The fourth-order valence-electron chi connectivity index (χ4n) is 3.83. The van der Waals surface area contributed by atoms with Gasteiger partial charge in [-0.2, -0.15) is 0 Å². The van der Waals surface area contributed by atoms with Crippen molar-refractivity contribution in [2.45, 2.75) is 42.9 Å². The van der Waals surface area contributed by atoms with Crippen molar-refractivity contribution in [1.82, 2.24) is 9.55 Å². The third kappa shape index (κ3) is 3.61. The predicted molar refractivity (Wildman–Crippen MR) is 119 cm³/mol. The largest absolute Gasteiger partial charge is 0.334 e. The molecule has 2 aliphatic rings. The summed E-state index contributed by atoms with van der Waals surface area (Å²) in [5, 5.41) is 5.67. The Kier molecular flexibility index (Phi) is 4.83. The van der Waals surface area contributed by atoms with Crippen LogP contribution in [0, 0.1) is 0 Å². The Bertz CT molecular complexity index is 1110. The van der Waals surface area contributed by atoms with Crippen molar-refractivity contribution >= 4 is 35.0 Å². The molecule has 0 spiro atoms. The van der Waals surface area contributed by atoms with E-state index in [1.165, 1.54) is 24.6 Å². The summed E-state index contributed by atoms with van der Waals surface area (Å²) >= 11 is 1.50. The van der Waals surface area contributed by atoms with Crippen molar-refractivity contribution in [3.8, 4) is 11.3 Å². The van der Waals surface area contributed by atoms with Crippen molar-refractivity contribution in [2.24, 2.45) is 0 Å². The summed E-state index contributed by atoms with van der Waals surface area (Å²) in [4.78, 5) is 30.3. The molecule has 2 N–H and O–H groups in total. The van der Waals surface area contributed by atoms with Crippen LogP contribution >= 0.6 is 11.8 Å². The van der Waals surface area contributed by atoms with E-state index in [-0.39, 0.29) is 17.1 Å². The van der Waals surface area contributed by atoms with E-state index in [1.54, 1.807) is 12.1 Å². The minimum Gasteiger partial charge on any atom is -0.334 e. The highest BCUT2D eigenvalue weighted by Gasteiger charge is 2.23. The van der Waals surface area contributed by atoms with Gasteiger partial charge in [0.2, 0.25) is 5.91 Å². The number of hydrogen-bond acceptors (Lipinski definition) is 4. The van der Waals surface area contributed by atoms with Crippen molar-refractivity contribution in [2.75, 3.05) is 10.6 Å². The van der Waals surface area contributed by atoms with Gasteiger partial charge in [-0.3, -0.25) is 9.59 Å². The number of carbonyl (C=O) groups excluding carboxylic acids is 2. The number of benzene rings is 2. The van der Waals surface area contributed by atoms with E-state index < -0.39 is 0 Å². The number of fused-ring (bicyclic) bond motifs is 2. The number of rotatable bonds is 3. The Balaban J connectivity index is 1.30. The summed E-state index contributed by atoms with van der Waals surface area (Å²) in [5.41, 5.74) is 3.93. The molecule has 0 aliphatic carbocycles. The van der Waals surface area contributed by atoms with Crippen LogP contribution in [0.25, 0.3) is 11.3 Å². The molecule has 0 bridgehead atoms. The smallest absolute Gasteiger partial charge is 0.255 e. The number of imidazole rings is 1. The van der Waals surface area contributed by atoms with Crippen LogP contribution in [0.15, 0.2) is 53.6 Å². The van der Waals surface area contributed by atoms with E-state index in [9.17, 15) is 9.59 Å². The summed E-state index contributed by atoms with van der Waals surface area (Å²) in [5.74, 6) is 0.906. The van der Waals surface area contributed by atoms with Gasteiger partial charge in [-0.1, -0.05) is 12.1 Å². The van der Waals surface area contributed by atoms with Gasteiger partial charge in [-0.25, -0.2) is 4.98 Å². The Morgan fingerprint density at radius 2 is 2.03 bits per heavy atom. The summed E-state index contributed by atoms with van der Waals surface area (Å²) in [6.07, 6.45) is 5.55. The molecule has 0 saturated carbocycles. The molecule has 0 saturated heterocycles. The summed E-state index contributed by atoms with van der Waals surface area (Å²) in [6, 6.07) is 13.1. The highest BCUT2D eigenvalue weighted by molar-refractivity contribution is 8.00. The monoisotopic (exact) mass is 418 g/mol. The number of amides is 2. The van der Waals surface area contributed by atoms with E-state index in [0.29, 0.717) is 11.3 Å². The van der Waals surface area contributed by atoms with Crippen LogP contribution in [0.2, 0.25) is 0 Å². The van der Waals surface area contributed by atoms with Gasteiger partial charge in [-0.05, 0) is 50.1 Å². The van der Waals surface area contributed by atoms with Crippen LogP contribution in [-0.2, 0) is 17.8 Å². The highest BCUT2D eigenvalue weighted by Crippen LogP contribution is 2.36. The topological polar surface area (TPSA) is 76.0 Å². The van der Waals surface area contributed by atoms with E-state index in [2.05, 4.69) is 21.4 Å². The average Bonchev–Trinajstić information content (AvgIpc) is 3.19. The van der Waals surface area contributed by atoms with Gasteiger partial charge in [0.1, 0.15) is 5.82 Å². The summed E-state index contributed by atoms with van der Waals surface area (Å²) in [7, 11) is 0. The molecule has 6 nitrogen and oxygen atoms in total. The molecule has 3 aromatic rings. The lowest BCUT2D eigenvalue weighted by Gasteiger charge is -2.21. The first-order chi connectivity index (χ1) is 14.6. The molecule has 1 aromatic heterocycles. The van der Waals surface area contributed by atoms with Crippen LogP contribution in [-0.4, -0.2) is 26.6 Å². The Morgan fingerprint density at radius 3 is 2.83 bits per heavy atom. The number of aryl methyl sites for hydroxylation is 2. The SMILES string of the molecule is CC1Sc2ccc(C(=O)Nc3ccc(-c4cn5c(n4)CCCC5)cc3)cc2NC1=O. The van der Waals surface area contributed by atoms with Gasteiger partial charge in [0, 0.05) is 40.9 Å². The van der Waals surface area contributed by atoms with Crippen LogP contribution in [0.3, 0.4) is 0 Å². The van der Waals surface area contributed by atoms with Crippen molar-refractivity contribution < 1.29 is 9.59 Å². The van der Waals surface area contributed by atoms with E-state index in [4.69, 9.17) is 4.98 Å². The number of nitrogens with zero attached hydrogens (tertiary/aromatic N) is 2. The van der Waals surface area contributed by atoms with Gasteiger partial charge in [0.15, 0.2) is 0 Å². The fourth-order valence-corrected chi connectivity index (χ4v) is 4.76. The van der Waals surface area contributed by atoms with Gasteiger partial charge >= 0.3 is 0 Å². The summed E-state index contributed by atoms with van der Waals surface area (Å²) in [6.45, 7) is 2.90. The molecular formula is C23H22N4O2S. The van der Waals surface area contributed by atoms with Gasteiger partial charge in [0.05, 0.1) is 16.6 Å². The van der Waals surface area contributed by atoms with Crippen LogP contribution < -0.4 is 10.6 Å². The molecule has 0 radical (unpaired) electrons. The molecule has 5 rings (SSSR count). The number of aromatic nitrogens is 2. The first-order valence-corrected chi connectivity index (χ1v) is 11.0. The predicted octanol–water partition coefficient (Wildman–Crippen LogP) is 4.57. The molecule has 7 heteroatoms. The van der Waals surface area contributed by atoms with Gasteiger partial charge in [-0.15, -0.1) is 11.8 Å². The zero-order valence-electron chi connectivity index (χ0n) is 16.6. The molecule has 1 unspecified atom stereocenters.